The van der Waals surface area contributed by atoms with Gasteiger partial charge in [0.1, 0.15) is 0 Å². The van der Waals surface area contributed by atoms with Crippen molar-refractivity contribution in [1.29, 1.82) is 0 Å². The summed E-state index contributed by atoms with van der Waals surface area (Å²) in [6.45, 7) is 7.39. The van der Waals surface area contributed by atoms with Crippen molar-refractivity contribution in [3.63, 3.8) is 0 Å². The number of hydrogen-bond acceptors (Lipinski definition) is 1. The van der Waals surface area contributed by atoms with Crippen LogP contribution in [0.3, 0.4) is 0 Å². The molecule has 0 N–H and O–H groups in total. The van der Waals surface area contributed by atoms with Gasteiger partial charge in [-0.25, -0.2) is 0 Å². The summed E-state index contributed by atoms with van der Waals surface area (Å²) in [5, 5.41) is 0. The molecule has 1 fully saturated rings. The Bertz CT molecular complexity index is 222. The summed E-state index contributed by atoms with van der Waals surface area (Å²) in [6, 6.07) is 0.420. The van der Waals surface area contributed by atoms with E-state index >= 15 is 0 Å². The zero-order chi connectivity index (χ0) is 10.6. The van der Waals surface area contributed by atoms with Crippen LogP contribution in [0.1, 0.15) is 40.0 Å². The van der Waals surface area contributed by atoms with Crippen molar-refractivity contribution in [3.8, 4) is 0 Å². The molecule has 1 aliphatic rings. The predicted molar refractivity (Wildman–Crippen MR) is 59.0 cm³/mol. The molecule has 1 heterocycles. The molecule has 0 bridgehead atoms. The molecule has 1 saturated heterocycles. The second-order valence-corrected chi connectivity index (χ2v) is 4.37. The SMILES string of the molecule is CCC/C=C/C(=O)N1CC(C)CC1C. The van der Waals surface area contributed by atoms with E-state index in [4.69, 9.17) is 0 Å². The molecule has 2 nitrogen and oxygen atoms in total. The van der Waals surface area contributed by atoms with Crippen LogP contribution in [0.25, 0.3) is 0 Å². The van der Waals surface area contributed by atoms with Crippen LogP contribution in [0.2, 0.25) is 0 Å². The first-order valence-corrected chi connectivity index (χ1v) is 5.62. The van der Waals surface area contributed by atoms with Gasteiger partial charge in [0.15, 0.2) is 0 Å². The Hall–Kier alpha value is -0.790. The summed E-state index contributed by atoms with van der Waals surface area (Å²) in [6.07, 6.45) is 6.97. The van der Waals surface area contributed by atoms with Crippen molar-refractivity contribution in [3.05, 3.63) is 12.2 Å². The lowest BCUT2D eigenvalue weighted by Crippen LogP contribution is -2.32. The minimum Gasteiger partial charge on any atom is -0.336 e. The monoisotopic (exact) mass is 195 g/mol. The summed E-state index contributed by atoms with van der Waals surface area (Å²) in [5.74, 6) is 0.851. The number of amides is 1. The summed E-state index contributed by atoms with van der Waals surface area (Å²) < 4.78 is 0. The fourth-order valence-corrected chi connectivity index (χ4v) is 2.05. The van der Waals surface area contributed by atoms with Gasteiger partial charge in [0.05, 0.1) is 0 Å². The second kappa shape index (κ2) is 5.18. The molecule has 2 atom stereocenters. The van der Waals surface area contributed by atoms with E-state index in [1.165, 1.54) is 0 Å². The van der Waals surface area contributed by atoms with Crippen LogP contribution in [0.4, 0.5) is 0 Å². The normalized spacial score (nSPS) is 27.5. The van der Waals surface area contributed by atoms with Crippen molar-refractivity contribution < 1.29 is 4.79 Å². The number of nitrogens with zero attached hydrogens (tertiary/aromatic N) is 1. The summed E-state index contributed by atoms with van der Waals surface area (Å²) in [5.41, 5.74) is 0. The van der Waals surface area contributed by atoms with Crippen LogP contribution in [0.5, 0.6) is 0 Å². The lowest BCUT2D eigenvalue weighted by atomic mass is 10.1. The highest BCUT2D eigenvalue weighted by molar-refractivity contribution is 5.88. The van der Waals surface area contributed by atoms with Gasteiger partial charge in [-0.15, -0.1) is 0 Å². The molecule has 1 amide bonds. The fraction of sp³-hybridized carbons (Fsp3) is 0.750. The standard InChI is InChI=1S/C12H21NO/c1-4-5-6-7-12(14)13-9-10(2)8-11(13)3/h6-7,10-11H,4-5,8-9H2,1-3H3/b7-6+. The highest BCUT2D eigenvalue weighted by Gasteiger charge is 2.28. The van der Waals surface area contributed by atoms with Crippen molar-refractivity contribution in [2.24, 2.45) is 5.92 Å². The van der Waals surface area contributed by atoms with Crippen LogP contribution in [0.15, 0.2) is 12.2 Å². The molecule has 1 aliphatic heterocycles. The van der Waals surface area contributed by atoms with E-state index in [9.17, 15) is 4.79 Å². The lowest BCUT2D eigenvalue weighted by Gasteiger charge is -2.19. The summed E-state index contributed by atoms with van der Waals surface area (Å²) in [7, 11) is 0. The molecule has 0 aliphatic carbocycles. The van der Waals surface area contributed by atoms with Gasteiger partial charge >= 0.3 is 0 Å². The van der Waals surface area contributed by atoms with Gasteiger partial charge < -0.3 is 4.90 Å². The Morgan fingerprint density at radius 3 is 2.71 bits per heavy atom. The zero-order valence-corrected chi connectivity index (χ0v) is 9.49. The number of rotatable bonds is 3. The second-order valence-electron chi connectivity index (χ2n) is 4.37. The van der Waals surface area contributed by atoms with E-state index in [2.05, 4.69) is 20.8 Å². The maximum atomic E-state index is 11.7. The van der Waals surface area contributed by atoms with Crippen LogP contribution in [-0.2, 0) is 4.79 Å². The first-order valence-electron chi connectivity index (χ1n) is 5.62. The third-order valence-electron chi connectivity index (χ3n) is 2.78. The van der Waals surface area contributed by atoms with Crippen molar-refractivity contribution in [2.75, 3.05) is 6.54 Å². The number of carbonyl (C=O) groups is 1. The quantitative estimate of drug-likeness (QED) is 0.634. The van der Waals surface area contributed by atoms with E-state index in [0.717, 1.165) is 25.8 Å². The van der Waals surface area contributed by atoms with Gasteiger partial charge in [0, 0.05) is 12.6 Å². The van der Waals surface area contributed by atoms with Crippen molar-refractivity contribution >= 4 is 5.91 Å². The molecule has 0 aromatic rings. The third-order valence-corrected chi connectivity index (χ3v) is 2.78. The third kappa shape index (κ3) is 2.86. The Morgan fingerprint density at radius 2 is 2.21 bits per heavy atom. The smallest absolute Gasteiger partial charge is 0.246 e. The molecular formula is C12H21NO. The van der Waals surface area contributed by atoms with Gasteiger partial charge in [-0.05, 0) is 31.8 Å². The Balaban J connectivity index is 2.44. The molecule has 1 rings (SSSR count). The van der Waals surface area contributed by atoms with Gasteiger partial charge in [0.2, 0.25) is 5.91 Å². The van der Waals surface area contributed by atoms with Crippen molar-refractivity contribution in [1.82, 2.24) is 4.90 Å². The fourth-order valence-electron chi connectivity index (χ4n) is 2.05. The Kier molecular flexibility index (Phi) is 4.18. The van der Waals surface area contributed by atoms with Crippen LogP contribution in [-0.4, -0.2) is 23.4 Å². The Labute approximate surface area is 87.0 Å². The van der Waals surface area contributed by atoms with Crippen LogP contribution in [0, 0.1) is 5.92 Å². The van der Waals surface area contributed by atoms with E-state index in [1.54, 1.807) is 6.08 Å². The van der Waals surface area contributed by atoms with E-state index in [-0.39, 0.29) is 5.91 Å². The van der Waals surface area contributed by atoms with Crippen LogP contribution < -0.4 is 0 Å². The summed E-state index contributed by atoms with van der Waals surface area (Å²) >= 11 is 0. The zero-order valence-electron chi connectivity index (χ0n) is 9.49. The molecule has 80 valence electrons. The molecule has 0 aromatic carbocycles. The van der Waals surface area contributed by atoms with Crippen LogP contribution >= 0.6 is 0 Å². The van der Waals surface area contributed by atoms with E-state index in [0.29, 0.717) is 12.0 Å². The van der Waals surface area contributed by atoms with Gasteiger partial charge in [0.25, 0.3) is 0 Å². The van der Waals surface area contributed by atoms with Gasteiger partial charge in [-0.2, -0.15) is 0 Å². The minimum atomic E-state index is 0.190. The molecule has 14 heavy (non-hydrogen) atoms. The number of hydrogen-bond donors (Lipinski definition) is 0. The molecular weight excluding hydrogens is 174 g/mol. The lowest BCUT2D eigenvalue weighted by molar-refractivity contribution is -0.126. The molecule has 0 spiro atoms. The predicted octanol–water partition coefficient (Wildman–Crippen LogP) is 2.60. The topological polar surface area (TPSA) is 20.3 Å². The van der Waals surface area contributed by atoms with E-state index < -0.39 is 0 Å². The highest BCUT2D eigenvalue weighted by Crippen LogP contribution is 2.22. The minimum absolute atomic E-state index is 0.190. The average molecular weight is 195 g/mol. The summed E-state index contributed by atoms with van der Waals surface area (Å²) in [4.78, 5) is 13.7. The molecule has 2 heteroatoms. The molecule has 0 radical (unpaired) electrons. The maximum Gasteiger partial charge on any atom is 0.246 e. The first-order chi connectivity index (χ1) is 6.65. The average Bonchev–Trinajstić information content (AvgIpc) is 2.45. The van der Waals surface area contributed by atoms with E-state index in [1.807, 2.05) is 11.0 Å². The number of unbranched alkanes of at least 4 members (excludes halogenated alkanes) is 1. The largest absolute Gasteiger partial charge is 0.336 e. The first kappa shape index (κ1) is 11.3. The van der Waals surface area contributed by atoms with Gasteiger partial charge in [-0.1, -0.05) is 26.3 Å². The highest BCUT2D eigenvalue weighted by atomic mass is 16.2. The number of carbonyl (C=O) groups excluding carboxylic acids is 1. The number of allylic oxidation sites excluding steroid dienone is 1. The molecule has 2 unspecified atom stereocenters. The molecule has 0 saturated carbocycles. The number of likely N-dealkylation sites (tertiary alicyclic amines) is 1. The van der Waals surface area contributed by atoms with Crippen molar-refractivity contribution in [2.45, 2.75) is 46.1 Å². The van der Waals surface area contributed by atoms with Gasteiger partial charge in [-0.3, -0.25) is 4.79 Å². The molecule has 0 aromatic heterocycles. The Morgan fingerprint density at radius 1 is 1.50 bits per heavy atom. The maximum absolute atomic E-state index is 11.7.